The lowest BCUT2D eigenvalue weighted by atomic mass is 10.1. The monoisotopic (exact) mass is 268 g/mol. The third-order valence-corrected chi connectivity index (χ3v) is 2.75. The summed E-state index contributed by atoms with van der Waals surface area (Å²) in [5.74, 6) is 0.383. The molecule has 0 aliphatic rings. The molecule has 0 unspecified atom stereocenters. The average Bonchev–Trinajstić information content (AvgIpc) is 3.10. The first-order chi connectivity index (χ1) is 9.72. The van der Waals surface area contributed by atoms with E-state index in [4.69, 9.17) is 0 Å². The van der Waals surface area contributed by atoms with Gasteiger partial charge in [-0.15, -0.1) is 5.10 Å². The van der Waals surface area contributed by atoms with Crippen LogP contribution in [0.25, 0.3) is 11.3 Å². The van der Waals surface area contributed by atoms with E-state index >= 15 is 0 Å². The van der Waals surface area contributed by atoms with Crippen LogP contribution in [0.1, 0.15) is 16.4 Å². The van der Waals surface area contributed by atoms with Crippen molar-refractivity contribution in [2.75, 3.05) is 5.32 Å². The van der Waals surface area contributed by atoms with Gasteiger partial charge in [-0.2, -0.15) is 5.10 Å². The summed E-state index contributed by atoms with van der Waals surface area (Å²) in [6.45, 7) is 1.74. The number of amides is 1. The number of aromatic nitrogens is 5. The van der Waals surface area contributed by atoms with E-state index in [0.29, 0.717) is 11.5 Å². The summed E-state index contributed by atoms with van der Waals surface area (Å²) < 4.78 is 0. The molecule has 100 valence electrons. The van der Waals surface area contributed by atoms with E-state index in [9.17, 15) is 4.79 Å². The Bertz CT molecular complexity index is 714. The van der Waals surface area contributed by atoms with Crippen LogP contribution in [-0.4, -0.2) is 31.3 Å². The third kappa shape index (κ3) is 2.41. The van der Waals surface area contributed by atoms with Crippen molar-refractivity contribution in [3.05, 3.63) is 48.2 Å². The van der Waals surface area contributed by atoms with Gasteiger partial charge in [0.15, 0.2) is 0 Å². The normalized spacial score (nSPS) is 10.4. The molecule has 1 amide bonds. The zero-order valence-corrected chi connectivity index (χ0v) is 10.7. The first-order valence-electron chi connectivity index (χ1n) is 6.02. The Morgan fingerprint density at radius 2 is 1.95 bits per heavy atom. The van der Waals surface area contributed by atoms with Crippen LogP contribution in [0.15, 0.2) is 36.5 Å². The number of H-pyrrole nitrogens is 2. The van der Waals surface area contributed by atoms with Crippen LogP contribution in [0.3, 0.4) is 0 Å². The SMILES string of the molecule is Cc1nc(C(=O)Nc2ccc(-c3ccn[nH]3)cc2)n[nH]1. The van der Waals surface area contributed by atoms with Gasteiger partial charge < -0.3 is 5.32 Å². The van der Waals surface area contributed by atoms with Gasteiger partial charge in [-0.3, -0.25) is 15.0 Å². The summed E-state index contributed by atoms with van der Waals surface area (Å²) in [6.07, 6.45) is 1.69. The van der Waals surface area contributed by atoms with Gasteiger partial charge in [0.25, 0.3) is 5.91 Å². The molecule has 2 heterocycles. The molecule has 0 aliphatic carbocycles. The Kier molecular flexibility index (Phi) is 3.00. The molecule has 0 radical (unpaired) electrons. The molecule has 0 bridgehead atoms. The lowest BCUT2D eigenvalue weighted by Gasteiger charge is -2.03. The van der Waals surface area contributed by atoms with E-state index in [-0.39, 0.29) is 11.7 Å². The van der Waals surface area contributed by atoms with Gasteiger partial charge >= 0.3 is 0 Å². The Morgan fingerprint density at radius 3 is 2.55 bits per heavy atom. The number of anilines is 1. The number of benzene rings is 1. The van der Waals surface area contributed by atoms with Crippen molar-refractivity contribution in [2.24, 2.45) is 0 Å². The van der Waals surface area contributed by atoms with Crippen molar-refractivity contribution < 1.29 is 4.79 Å². The lowest BCUT2D eigenvalue weighted by Crippen LogP contribution is -2.13. The highest BCUT2D eigenvalue weighted by Crippen LogP contribution is 2.19. The molecular weight excluding hydrogens is 256 g/mol. The van der Waals surface area contributed by atoms with Crippen LogP contribution in [0.2, 0.25) is 0 Å². The summed E-state index contributed by atoms with van der Waals surface area (Å²) in [5.41, 5.74) is 2.60. The minimum Gasteiger partial charge on any atom is -0.319 e. The fraction of sp³-hybridized carbons (Fsp3) is 0.0769. The van der Waals surface area contributed by atoms with E-state index in [1.807, 2.05) is 30.3 Å². The van der Waals surface area contributed by atoms with Crippen LogP contribution in [-0.2, 0) is 0 Å². The second-order valence-corrected chi connectivity index (χ2v) is 4.25. The summed E-state index contributed by atoms with van der Waals surface area (Å²) in [5, 5.41) is 16.0. The van der Waals surface area contributed by atoms with Gasteiger partial charge in [-0.05, 0) is 30.7 Å². The van der Waals surface area contributed by atoms with Crippen molar-refractivity contribution in [2.45, 2.75) is 6.92 Å². The molecule has 0 fully saturated rings. The van der Waals surface area contributed by atoms with E-state index in [1.54, 1.807) is 13.1 Å². The van der Waals surface area contributed by atoms with Gasteiger partial charge in [0, 0.05) is 11.9 Å². The quantitative estimate of drug-likeness (QED) is 0.673. The summed E-state index contributed by atoms with van der Waals surface area (Å²) in [7, 11) is 0. The largest absolute Gasteiger partial charge is 0.319 e. The van der Waals surface area contributed by atoms with Crippen molar-refractivity contribution in [1.82, 2.24) is 25.4 Å². The first kappa shape index (κ1) is 12.1. The highest BCUT2D eigenvalue weighted by molar-refractivity contribution is 6.01. The molecule has 0 saturated heterocycles. The molecule has 3 rings (SSSR count). The molecule has 3 N–H and O–H groups in total. The van der Waals surface area contributed by atoms with Crippen molar-refractivity contribution in [1.29, 1.82) is 0 Å². The zero-order chi connectivity index (χ0) is 13.9. The number of aromatic amines is 2. The molecule has 7 heteroatoms. The molecule has 2 aromatic heterocycles. The molecule has 7 nitrogen and oxygen atoms in total. The fourth-order valence-corrected chi connectivity index (χ4v) is 1.78. The maximum atomic E-state index is 11.9. The van der Waals surface area contributed by atoms with Gasteiger partial charge in [0.2, 0.25) is 5.82 Å². The second kappa shape index (κ2) is 4.96. The number of aryl methyl sites for hydroxylation is 1. The fourth-order valence-electron chi connectivity index (χ4n) is 1.78. The Labute approximate surface area is 114 Å². The zero-order valence-electron chi connectivity index (χ0n) is 10.7. The molecule has 0 aliphatic heterocycles. The summed E-state index contributed by atoms with van der Waals surface area (Å²) in [6, 6.07) is 9.30. The second-order valence-electron chi connectivity index (χ2n) is 4.25. The predicted molar refractivity (Wildman–Crippen MR) is 73.1 cm³/mol. The Hall–Kier alpha value is -2.96. The molecule has 0 saturated carbocycles. The Balaban J connectivity index is 1.74. The lowest BCUT2D eigenvalue weighted by molar-refractivity contribution is 0.101. The predicted octanol–water partition coefficient (Wildman–Crippen LogP) is 1.76. The highest BCUT2D eigenvalue weighted by atomic mass is 16.2. The molecular formula is C13H12N6O. The number of nitrogens with one attached hydrogen (secondary N) is 3. The highest BCUT2D eigenvalue weighted by Gasteiger charge is 2.11. The summed E-state index contributed by atoms with van der Waals surface area (Å²) >= 11 is 0. The topological polar surface area (TPSA) is 99.3 Å². The van der Waals surface area contributed by atoms with E-state index in [2.05, 4.69) is 30.7 Å². The van der Waals surface area contributed by atoms with Crippen molar-refractivity contribution in [3.8, 4) is 11.3 Å². The van der Waals surface area contributed by atoms with E-state index in [1.165, 1.54) is 0 Å². The van der Waals surface area contributed by atoms with Crippen LogP contribution >= 0.6 is 0 Å². The van der Waals surface area contributed by atoms with Gasteiger partial charge in [0.1, 0.15) is 5.82 Å². The number of rotatable bonds is 3. The number of hydrogen-bond acceptors (Lipinski definition) is 4. The van der Waals surface area contributed by atoms with Crippen LogP contribution in [0.4, 0.5) is 5.69 Å². The third-order valence-electron chi connectivity index (χ3n) is 2.75. The maximum absolute atomic E-state index is 11.9. The van der Waals surface area contributed by atoms with Crippen molar-refractivity contribution >= 4 is 11.6 Å². The summed E-state index contributed by atoms with van der Waals surface area (Å²) in [4.78, 5) is 15.8. The number of carbonyl (C=O) groups is 1. The Morgan fingerprint density at radius 1 is 1.15 bits per heavy atom. The van der Waals surface area contributed by atoms with Crippen molar-refractivity contribution in [3.63, 3.8) is 0 Å². The number of nitrogens with zero attached hydrogens (tertiary/aromatic N) is 3. The number of carbonyl (C=O) groups excluding carboxylic acids is 1. The first-order valence-corrected chi connectivity index (χ1v) is 6.02. The molecule has 0 spiro atoms. The smallest absolute Gasteiger partial charge is 0.295 e. The maximum Gasteiger partial charge on any atom is 0.295 e. The standard InChI is InChI=1S/C13H12N6O/c1-8-15-12(19-17-8)13(20)16-10-4-2-9(3-5-10)11-6-7-14-18-11/h2-7H,1H3,(H,14,18)(H,16,20)(H,15,17,19). The van der Waals surface area contributed by atoms with Gasteiger partial charge in [0.05, 0.1) is 5.69 Å². The average molecular weight is 268 g/mol. The molecule has 0 atom stereocenters. The van der Waals surface area contributed by atoms with Crippen LogP contribution < -0.4 is 5.32 Å². The minimum absolute atomic E-state index is 0.125. The van der Waals surface area contributed by atoms with Gasteiger partial charge in [-0.1, -0.05) is 12.1 Å². The minimum atomic E-state index is -0.344. The molecule has 20 heavy (non-hydrogen) atoms. The number of hydrogen-bond donors (Lipinski definition) is 3. The van der Waals surface area contributed by atoms with E-state index in [0.717, 1.165) is 11.3 Å². The molecule has 3 aromatic rings. The van der Waals surface area contributed by atoms with Crippen LogP contribution in [0, 0.1) is 6.92 Å². The van der Waals surface area contributed by atoms with E-state index < -0.39 is 0 Å². The van der Waals surface area contributed by atoms with Gasteiger partial charge in [-0.25, -0.2) is 4.98 Å². The molecule has 1 aromatic carbocycles. The van der Waals surface area contributed by atoms with Crippen LogP contribution in [0.5, 0.6) is 0 Å².